The third-order valence-electron chi connectivity index (χ3n) is 3.55. The average molecular weight is 301 g/mol. The van der Waals surface area contributed by atoms with E-state index in [-0.39, 0.29) is 12.0 Å². The van der Waals surface area contributed by atoms with Crippen molar-refractivity contribution in [3.63, 3.8) is 0 Å². The van der Waals surface area contributed by atoms with E-state index in [2.05, 4.69) is 15.1 Å². The predicted octanol–water partition coefficient (Wildman–Crippen LogP) is 3.70. The van der Waals surface area contributed by atoms with Gasteiger partial charge in [-0.1, -0.05) is 23.4 Å². The number of fused-ring (bicyclic) bond motifs is 1. The fourth-order valence-electron chi connectivity index (χ4n) is 2.50. The first-order chi connectivity index (χ1) is 10.7. The number of aliphatic imine (C=N–C) groups is 1. The summed E-state index contributed by atoms with van der Waals surface area (Å²) in [6.07, 6.45) is 1.70. The number of oxime groups is 1. The molecular weight excluding hydrogens is 288 g/mol. The maximum Gasteiger partial charge on any atom is 0.263 e. The first-order valence-corrected chi connectivity index (χ1v) is 6.77. The summed E-state index contributed by atoms with van der Waals surface area (Å²) in [5, 5.41) is 12.7. The molecule has 0 aliphatic carbocycles. The molecule has 0 saturated heterocycles. The van der Waals surface area contributed by atoms with E-state index in [1.165, 1.54) is 12.1 Å². The molecule has 2 heterocycles. The largest absolute Gasteiger partial charge is 0.411 e. The van der Waals surface area contributed by atoms with Crippen molar-refractivity contribution in [2.75, 3.05) is 0 Å². The molecule has 1 aromatic heterocycles. The molecule has 2 aromatic rings. The van der Waals surface area contributed by atoms with Gasteiger partial charge in [0, 0.05) is 41.9 Å². The minimum absolute atomic E-state index is 0.0434. The molecule has 1 aliphatic rings. The van der Waals surface area contributed by atoms with E-state index in [0.29, 0.717) is 23.5 Å². The van der Waals surface area contributed by atoms with E-state index in [4.69, 9.17) is 0 Å². The third-order valence-corrected chi connectivity index (χ3v) is 3.55. The highest BCUT2D eigenvalue weighted by Gasteiger charge is 2.18. The van der Waals surface area contributed by atoms with Crippen LogP contribution >= 0.6 is 0 Å². The van der Waals surface area contributed by atoms with Crippen molar-refractivity contribution < 1.29 is 14.0 Å². The van der Waals surface area contributed by atoms with Gasteiger partial charge in [-0.05, 0) is 17.7 Å². The van der Waals surface area contributed by atoms with Crippen LogP contribution in [0.4, 0.5) is 14.6 Å². The van der Waals surface area contributed by atoms with Gasteiger partial charge >= 0.3 is 0 Å². The zero-order valence-corrected chi connectivity index (χ0v) is 11.6. The Morgan fingerprint density at radius 1 is 1.32 bits per heavy atom. The normalized spacial score (nSPS) is 13.7. The van der Waals surface area contributed by atoms with Gasteiger partial charge in [-0.25, -0.2) is 18.8 Å². The highest BCUT2D eigenvalue weighted by molar-refractivity contribution is 6.04. The number of benzene rings is 1. The average Bonchev–Trinajstić information content (AvgIpc) is 3.01. The number of alkyl halides is 2. The van der Waals surface area contributed by atoms with E-state index < -0.39 is 6.43 Å². The summed E-state index contributed by atoms with van der Waals surface area (Å²) in [5.41, 5.74) is 2.66. The van der Waals surface area contributed by atoms with Gasteiger partial charge in [0.1, 0.15) is 0 Å². The summed E-state index contributed by atoms with van der Waals surface area (Å²) in [5.74, 6) is 0.611. The van der Waals surface area contributed by atoms with Crippen molar-refractivity contribution in [1.82, 2.24) is 4.98 Å². The Morgan fingerprint density at radius 2 is 2.18 bits per heavy atom. The maximum atomic E-state index is 12.8. The Hall–Kier alpha value is -2.63. The Kier molecular flexibility index (Phi) is 3.91. The molecule has 0 saturated carbocycles. The first kappa shape index (κ1) is 14.3. The first-order valence-electron chi connectivity index (χ1n) is 6.77. The van der Waals surface area contributed by atoms with Gasteiger partial charge in [0.15, 0.2) is 5.82 Å². The van der Waals surface area contributed by atoms with Crippen molar-refractivity contribution >= 4 is 17.7 Å². The number of hydrogen-bond donors (Lipinski definition) is 1. The Morgan fingerprint density at radius 3 is 2.95 bits per heavy atom. The van der Waals surface area contributed by atoms with Gasteiger partial charge in [-0.2, -0.15) is 0 Å². The zero-order chi connectivity index (χ0) is 15.5. The summed E-state index contributed by atoms with van der Waals surface area (Å²) >= 11 is 0. The van der Waals surface area contributed by atoms with Crippen LogP contribution in [0, 0.1) is 0 Å². The molecule has 22 heavy (non-hydrogen) atoms. The van der Waals surface area contributed by atoms with E-state index in [1.54, 1.807) is 30.6 Å². The van der Waals surface area contributed by atoms with Crippen LogP contribution in [0.25, 0.3) is 0 Å². The van der Waals surface area contributed by atoms with E-state index in [9.17, 15) is 14.0 Å². The monoisotopic (exact) mass is 301 g/mol. The van der Waals surface area contributed by atoms with Crippen LogP contribution < -0.4 is 0 Å². The van der Waals surface area contributed by atoms with Crippen molar-refractivity contribution in [1.29, 1.82) is 0 Å². The number of nitrogens with zero attached hydrogens (tertiary/aromatic N) is 3. The lowest BCUT2D eigenvalue weighted by Gasteiger charge is -2.10. The van der Waals surface area contributed by atoms with Crippen LogP contribution in [-0.2, 0) is 12.8 Å². The maximum absolute atomic E-state index is 12.8. The minimum Gasteiger partial charge on any atom is -0.411 e. The Bertz CT molecular complexity index is 757. The Labute approximate surface area is 125 Å². The molecule has 3 rings (SSSR count). The van der Waals surface area contributed by atoms with Gasteiger partial charge in [-0.3, -0.25) is 0 Å². The third kappa shape index (κ3) is 2.72. The van der Waals surface area contributed by atoms with Crippen LogP contribution in [0.1, 0.15) is 28.7 Å². The summed E-state index contributed by atoms with van der Waals surface area (Å²) in [6, 6.07) is 7.86. The topological polar surface area (TPSA) is 57.8 Å². The molecule has 0 fully saturated rings. The minimum atomic E-state index is -2.52. The van der Waals surface area contributed by atoms with Gasteiger partial charge in [0.05, 0.1) is 5.71 Å². The van der Waals surface area contributed by atoms with Gasteiger partial charge in [0.25, 0.3) is 6.43 Å². The molecule has 0 amide bonds. The number of rotatable bonds is 4. The lowest BCUT2D eigenvalue weighted by atomic mass is 9.97. The van der Waals surface area contributed by atoms with Crippen LogP contribution in [0.3, 0.4) is 0 Å². The molecule has 0 bridgehead atoms. The molecule has 1 N–H and O–H groups in total. The molecule has 0 radical (unpaired) electrons. The molecule has 0 spiro atoms. The molecule has 6 heteroatoms. The zero-order valence-electron chi connectivity index (χ0n) is 11.6. The van der Waals surface area contributed by atoms with Crippen LogP contribution in [0.2, 0.25) is 0 Å². The van der Waals surface area contributed by atoms with Crippen molar-refractivity contribution in [2.24, 2.45) is 10.1 Å². The molecule has 4 nitrogen and oxygen atoms in total. The van der Waals surface area contributed by atoms with E-state index >= 15 is 0 Å². The molecular formula is C16H13F2N3O. The molecule has 0 unspecified atom stereocenters. The number of pyridine rings is 1. The van der Waals surface area contributed by atoms with Crippen molar-refractivity contribution in [3.8, 4) is 0 Å². The van der Waals surface area contributed by atoms with Crippen molar-refractivity contribution in [2.45, 2.75) is 19.3 Å². The van der Waals surface area contributed by atoms with Gasteiger partial charge in [0.2, 0.25) is 0 Å². The summed E-state index contributed by atoms with van der Waals surface area (Å²) in [6.45, 7) is 0. The van der Waals surface area contributed by atoms with E-state index in [1.807, 2.05) is 0 Å². The molecule has 0 atom stereocenters. The highest BCUT2D eigenvalue weighted by atomic mass is 19.3. The van der Waals surface area contributed by atoms with Crippen molar-refractivity contribution in [3.05, 3.63) is 58.8 Å². The molecule has 1 aliphatic heterocycles. The molecule has 1 aromatic carbocycles. The number of hydrogen-bond acceptors (Lipinski definition) is 4. The van der Waals surface area contributed by atoms with Crippen LogP contribution in [0.15, 0.2) is 46.7 Å². The molecule has 112 valence electrons. The SMILES string of the molecule is O/N=C(\Cc1cccc(C(F)F)c1)c1ccnc2c1CC=N2. The lowest BCUT2D eigenvalue weighted by Crippen LogP contribution is -2.09. The summed E-state index contributed by atoms with van der Waals surface area (Å²) in [4.78, 5) is 8.30. The van der Waals surface area contributed by atoms with Crippen LogP contribution in [0.5, 0.6) is 0 Å². The lowest BCUT2D eigenvalue weighted by molar-refractivity contribution is 0.151. The second kappa shape index (κ2) is 6.01. The standard InChI is InChI=1S/C16H13F2N3O/c17-15(18)11-3-1-2-10(8-11)9-14(21-22)12-4-6-19-16-13(12)5-7-20-16/h1-4,6-8,15,22H,5,9H2/b21-14+. The van der Waals surface area contributed by atoms with Crippen LogP contribution in [-0.4, -0.2) is 22.1 Å². The number of halogens is 2. The highest BCUT2D eigenvalue weighted by Crippen LogP contribution is 2.26. The van der Waals surface area contributed by atoms with Gasteiger partial charge < -0.3 is 5.21 Å². The summed E-state index contributed by atoms with van der Waals surface area (Å²) in [7, 11) is 0. The fraction of sp³-hybridized carbons (Fsp3) is 0.188. The summed E-state index contributed by atoms with van der Waals surface area (Å²) < 4.78 is 25.5. The van der Waals surface area contributed by atoms with E-state index in [0.717, 1.165) is 11.1 Å². The fourth-order valence-corrected chi connectivity index (χ4v) is 2.50. The second-order valence-corrected chi connectivity index (χ2v) is 4.95. The second-order valence-electron chi connectivity index (χ2n) is 4.95. The smallest absolute Gasteiger partial charge is 0.263 e. The Balaban J connectivity index is 1.91. The quantitative estimate of drug-likeness (QED) is 0.532. The number of aromatic nitrogens is 1. The van der Waals surface area contributed by atoms with Gasteiger partial charge in [-0.15, -0.1) is 0 Å². The predicted molar refractivity (Wildman–Crippen MR) is 79.5 cm³/mol.